The molecule has 1 rings (SSSR count). The summed E-state index contributed by atoms with van der Waals surface area (Å²) < 4.78 is 22.0. The van der Waals surface area contributed by atoms with Crippen molar-refractivity contribution in [2.24, 2.45) is 5.14 Å². The van der Waals surface area contributed by atoms with Crippen LogP contribution in [-0.2, 0) is 10.0 Å². The second kappa shape index (κ2) is 5.61. The minimum Gasteiger partial charge on any atom is -0.351 e. The molecule has 1 aromatic carbocycles. The summed E-state index contributed by atoms with van der Waals surface area (Å²) in [6.07, 6.45) is 0. The number of carbonyl (C=O) groups is 1. The molecular formula is C10H13BrN2O3S. The van der Waals surface area contributed by atoms with Gasteiger partial charge < -0.3 is 5.32 Å². The smallest absolute Gasteiger partial charge is 0.252 e. The van der Waals surface area contributed by atoms with Gasteiger partial charge in [-0.15, -0.1) is 0 Å². The molecule has 94 valence electrons. The molecule has 3 N–H and O–H groups in total. The lowest BCUT2D eigenvalue weighted by Crippen LogP contribution is -2.31. The van der Waals surface area contributed by atoms with Gasteiger partial charge in [-0.05, 0) is 40.5 Å². The van der Waals surface area contributed by atoms with Gasteiger partial charge in [-0.3, -0.25) is 4.79 Å². The fourth-order valence-electron chi connectivity index (χ4n) is 1.21. The van der Waals surface area contributed by atoms with E-state index in [2.05, 4.69) is 21.2 Å². The molecule has 1 aromatic rings. The summed E-state index contributed by atoms with van der Waals surface area (Å²) in [5.41, 5.74) is 1.49. The van der Waals surface area contributed by atoms with Crippen molar-refractivity contribution in [3.8, 4) is 0 Å². The van der Waals surface area contributed by atoms with E-state index < -0.39 is 10.0 Å². The molecule has 7 heteroatoms. The molecule has 0 aliphatic heterocycles. The Hall–Kier alpha value is -0.920. The molecule has 0 bridgehead atoms. The third-order valence-electron chi connectivity index (χ3n) is 2.04. The number of benzene rings is 1. The molecule has 5 nitrogen and oxygen atoms in total. The van der Waals surface area contributed by atoms with Crippen LogP contribution in [0.2, 0.25) is 0 Å². The number of sulfonamides is 1. The summed E-state index contributed by atoms with van der Waals surface area (Å²) in [5.74, 6) is -0.608. The normalized spacial score (nSPS) is 11.2. The van der Waals surface area contributed by atoms with Crippen molar-refractivity contribution in [1.29, 1.82) is 0 Å². The Morgan fingerprint density at radius 3 is 2.65 bits per heavy atom. The SMILES string of the molecule is Cc1ccc(C(=O)NCCS(N)(=O)=O)c(Br)c1. The van der Waals surface area contributed by atoms with Gasteiger partial charge in [0, 0.05) is 11.0 Å². The molecule has 17 heavy (non-hydrogen) atoms. The van der Waals surface area contributed by atoms with E-state index in [0.717, 1.165) is 5.56 Å². The van der Waals surface area contributed by atoms with Crippen LogP contribution in [0.5, 0.6) is 0 Å². The quantitative estimate of drug-likeness (QED) is 0.859. The third kappa shape index (κ3) is 4.84. The van der Waals surface area contributed by atoms with E-state index in [1.165, 1.54) is 0 Å². The Morgan fingerprint density at radius 2 is 2.12 bits per heavy atom. The van der Waals surface area contributed by atoms with Crippen LogP contribution in [0.15, 0.2) is 22.7 Å². The van der Waals surface area contributed by atoms with Crippen LogP contribution in [0.3, 0.4) is 0 Å². The van der Waals surface area contributed by atoms with Crippen molar-refractivity contribution in [3.63, 3.8) is 0 Å². The van der Waals surface area contributed by atoms with Gasteiger partial charge in [0.25, 0.3) is 5.91 Å². The number of hydrogen-bond donors (Lipinski definition) is 2. The van der Waals surface area contributed by atoms with E-state index in [9.17, 15) is 13.2 Å². The van der Waals surface area contributed by atoms with Crippen molar-refractivity contribution in [2.45, 2.75) is 6.92 Å². The van der Waals surface area contributed by atoms with Gasteiger partial charge in [-0.1, -0.05) is 6.07 Å². The molecule has 0 saturated carbocycles. The number of nitrogens with two attached hydrogens (primary N) is 1. The Morgan fingerprint density at radius 1 is 1.47 bits per heavy atom. The third-order valence-corrected chi connectivity index (χ3v) is 3.47. The average Bonchev–Trinajstić information content (AvgIpc) is 2.15. The van der Waals surface area contributed by atoms with Crippen LogP contribution in [0.1, 0.15) is 15.9 Å². The van der Waals surface area contributed by atoms with Crippen molar-refractivity contribution < 1.29 is 13.2 Å². The monoisotopic (exact) mass is 320 g/mol. The van der Waals surface area contributed by atoms with Crippen LogP contribution >= 0.6 is 15.9 Å². The van der Waals surface area contributed by atoms with Crippen LogP contribution in [0, 0.1) is 6.92 Å². The van der Waals surface area contributed by atoms with Crippen LogP contribution in [-0.4, -0.2) is 26.6 Å². The number of amides is 1. The fourth-order valence-corrected chi connectivity index (χ4v) is 2.27. The molecule has 0 atom stereocenters. The number of nitrogens with one attached hydrogen (secondary N) is 1. The first-order valence-corrected chi connectivity index (χ1v) is 7.35. The average molecular weight is 321 g/mol. The van der Waals surface area contributed by atoms with Crippen molar-refractivity contribution in [3.05, 3.63) is 33.8 Å². The lowest BCUT2D eigenvalue weighted by Gasteiger charge is -2.06. The van der Waals surface area contributed by atoms with E-state index in [4.69, 9.17) is 5.14 Å². The molecule has 0 aromatic heterocycles. The van der Waals surface area contributed by atoms with Gasteiger partial charge >= 0.3 is 0 Å². The highest BCUT2D eigenvalue weighted by atomic mass is 79.9. The van der Waals surface area contributed by atoms with E-state index in [1.54, 1.807) is 12.1 Å². The number of halogens is 1. The standard InChI is InChI=1S/C10H13BrN2O3S/c1-7-2-3-8(9(11)6-7)10(14)13-4-5-17(12,15)16/h2-3,6H,4-5H2,1H3,(H,13,14)(H2,12,15,16). The summed E-state index contributed by atoms with van der Waals surface area (Å²) in [7, 11) is -3.55. The van der Waals surface area contributed by atoms with Crippen molar-refractivity contribution in [2.75, 3.05) is 12.3 Å². The molecule has 0 aliphatic carbocycles. The zero-order chi connectivity index (χ0) is 13.1. The van der Waals surface area contributed by atoms with Crippen molar-refractivity contribution >= 4 is 31.9 Å². The fraction of sp³-hybridized carbons (Fsp3) is 0.300. The van der Waals surface area contributed by atoms with Gasteiger partial charge in [0.05, 0.1) is 11.3 Å². The molecule has 0 saturated heterocycles. The molecule has 0 fully saturated rings. The first kappa shape index (κ1) is 14.1. The minimum absolute atomic E-state index is 0.00200. The maximum Gasteiger partial charge on any atom is 0.252 e. The Kier molecular flexibility index (Phi) is 4.67. The number of rotatable bonds is 4. The first-order chi connectivity index (χ1) is 7.79. The number of carbonyl (C=O) groups excluding carboxylic acids is 1. The predicted molar refractivity (Wildman–Crippen MR) is 69.2 cm³/mol. The summed E-state index contributed by atoms with van der Waals surface area (Å²) >= 11 is 3.28. The lowest BCUT2D eigenvalue weighted by atomic mass is 10.1. The second-order valence-corrected chi connectivity index (χ2v) is 6.19. The van der Waals surface area contributed by atoms with Gasteiger partial charge in [-0.2, -0.15) is 0 Å². The zero-order valence-electron chi connectivity index (χ0n) is 9.23. The summed E-state index contributed by atoms with van der Waals surface area (Å²) in [6.45, 7) is 1.91. The largest absolute Gasteiger partial charge is 0.351 e. The Bertz CT molecular complexity index is 528. The van der Waals surface area contributed by atoms with Crippen LogP contribution in [0.4, 0.5) is 0 Å². The highest BCUT2D eigenvalue weighted by Crippen LogP contribution is 2.17. The molecule has 0 spiro atoms. The van der Waals surface area contributed by atoms with E-state index in [0.29, 0.717) is 10.0 Å². The summed E-state index contributed by atoms with van der Waals surface area (Å²) in [4.78, 5) is 11.7. The number of primary sulfonamides is 1. The van der Waals surface area contributed by atoms with Crippen molar-refractivity contribution in [1.82, 2.24) is 5.32 Å². The van der Waals surface area contributed by atoms with Crippen LogP contribution < -0.4 is 10.5 Å². The topological polar surface area (TPSA) is 89.3 Å². The highest BCUT2D eigenvalue weighted by molar-refractivity contribution is 9.10. The van der Waals surface area contributed by atoms with Gasteiger partial charge in [0.15, 0.2) is 0 Å². The molecule has 0 heterocycles. The van der Waals surface area contributed by atoms with Gasteiger partial charge in [-0.25, -0.2) is 13.6 Å². The van der Waals surface area contributed by atoms with E-state index in [1.807, 2.05) is 13.0 Å². The molecule has 1 amide bonds. The van der Waals surface area contributed by atoms with E-state index >= 15 is 0 Å². The Labute approximate surface area is 109 Å². The lowest BCUT2D eigenvalue weighted by molar-refractivity contribution is 0.0955. The zero-order valence-corrected chi connectivity index (χ0v) is 11.6. The minimum atomic E-state index is -3.55. The molecule has 0 unspecified atom stereocenters. The van der Waals surface area contributed by atoms with E-state index in [-0.39, 0.29) is 18.2 Å². The summed E-state index contributed by atoms with van der Waals surface area (Å²) in [5, 5.41) is 7.31. The van der Waals surface area contributed by atoms with Gasteiger partial charge in [0.2, 0.25) is 10.0 Å². The predicted octanol–water partition coefficient (Wildman–Crippen LogP) is 0.776. The Balaban J connectivity index is 2.65. The highest BCUT2D eigenvalue weighted by Gasteiger charge is 2.10. The number of aryl methyl sites for hydroxylation is 1. The maximum absolute atomic E-state index is 11.7. The summed E-state index contributed by atoms with van der Waals surface area (Å²) in [6, 6.07) is 5.29. The molecular weight excluding hydrogens is 308 g/mol. The maximum atomic E-state index is 11.7. The second-order valence-electron chi connectivity index (χ2n) is 3.61. The van der Waals surface area contributed by atoms with Gasteiger partial charge in [0.1, 0.15) is 0 Å². The number of hydrogen-bond acceptors (Lipinski definition) is 3. The van der Waals surface area contributed by atoms with Crippen LogP contribution in [0.25, 0.3) is 0 Å². The molecule has 0 radical (unpaired) electrons. The molecule has 0 aliphatic rings. The first-order valence-electron chi connectivity index (χ1n) is 4.84.